The number of nitrogens with zero attached hydrogens (tertiary/aromatic N) is 1. The number of aliphatic imine (C=N–C) groups is 1. The van der Waals surface area contributed by atoms with Gasteiger partial charge in [0.2, 0.25) is 11.8 Å². The molecule has 6 nitrogen and oxygen atoms in total. The normalized spacial score (nSPS) is 9.00. The van der Waals surface area contributed by atoms with Crippen molar-refractivity contribution in [2.75, 3.05) is 0 Å². The van der Waals surface area contributed by atoms with E-state index in [1.54, 1.807) is 0 Å². The van der Waals surface area contributed by atoms with Crippen molar-refractivity contribution in [1.29, 1.82) is 0 Å². The first kappa shape index (κ1) is 10.4. The van der Waals surface area contributed by atoms with Crippen LogP contribution in [0.3, 0.4) is 0 Å². The van der Waals surface area contributed by atoms with Crippen LogP contribution in [-0.2, 0) is 9.59 Å². The molecule has 0 aliphatic rings. The summed E-state index contributed by atoms with van der Waals surface area (Å²) in [5, 5.41) is 0. The third-order valence-corrected chi connectivity index (χ3v) is 1.07. The van der Waals surface area contributed by atoms with Crippen LogP contribution in [0.1, 0.15) is 19.3 Å². The first-order valence-electron chi connectivity index (χ1n) is 3.43. The van der Waals surface area contributed by atoms with E-state index in [-0.39, 0.29) is 18.8 Å². The molecule has 0 rings (SSSR count). The lowest BCUT2D eigenvalue weighted by molar-refractivity contribution is -0.119. The minimum atomic E-state index is -0.437. The molecule has 0 aliphatic heterocycles. The van der Waals surface area contributed by atoms with Crippen LogP contribution >= 0.6 is 0 Å². The first-order valence-corrected chi connectivity index (χ1v) is 3.43. The summed E-state index contributed by atoms with van der Waals surface area (Å²) in [5.74, 6) is -1.14. The quantitative estimate of drug-likeness (QED) is 0.350. The van der Waals surface area contributed by atoms with Crippen molar-refractivity contribution in [1.82, 2.24) is 0 Å². The largest absolute Gasteiger partial charge is 0.370 e. The fourth-order valence-electron chi connectivity index (χ4n) is 0.614. The van der Waals surface area contributed by atoms with Crippen molar-refractivity contribution >= 4 is 17.8 Å². The highest BCUT2D eigenvalue weighted by Crippen LogP contribution is 1.95. The molecular formula is C6H12N4O2. The molecule has 6 heteroatoms. The van der Waals surface area contributed by atoms with Gasteiger partial charge in [-0.3, -0.25) is 9.59 Å². The SMILES string of the molecule is NC(=O)CCCC(=O)N=C(N)N. The zero-order valence-electron chi connectivity index (χ0n) is 6.62. The Labute approximate surface area is 69.8 Å². The molecule has 6 N–H and O–H groups in total. The smallest absolute Gasteiger partial charge is 0.248 e. The molecule has 12 heavy (non-hydrogen) atoms. The molecule has 0 atom stereocenters. The fraction of sp³-hybridized carbons (Fsp3) is 0.500. The first-order chi connectivity index (χ1) is 5.52. The van der Waals surface area contributed by atoms with Crippen LogP contribution in [0.15, 0.2) is 4.99 Å². The zero-order chi connectivity index (χ0) is 9.56. The summed E-state index contributed by atoms with van der Waals surface area (Å²) in [6, 6.07) is 0. The average Bonchev–Trinajstić information content (AvgIpc) is 1.84. The standard InChI is InChI=1S/C6H12N4O2/c7-4(11)2-1-3-5(12)10-6(8)9/h1-3H2,(H2,7,11)(H4,8,9,10,12). The Morgan fingerprint density at radius 1 is 1.08 bits per heavy atom. The lowest BCUT2D eigenvalue weighted by atomic mass is 10.2. The highest BCUT2D eigenvalue weighted by molar-refractivity contribution is 5.91. The lowest BCUT2D eigenvalue weighted by Crippen LogP contribution is -2.24. The van der Waals surface area contributed by atoms with Gasteiger partial charge in [0.1, 0.15) is 0 Å². The van der Waals surface area contributed by atoms with Crippen molar-refractivity contribution in [2.24, 2.45) is 22.2 Å². The van der Waals surface area contributed by atoms with Gasteiger partial charge in [-0.05, 0) is 6.42 Å². The van der Waals surface area contributed by atoms with E-state index in [0.717, 1.165) is 0 Å². The Bertz CT molecular complexity index is 208. The van der Waals surface area contributed by atoms with E-state index in [4.69, 9.17) is 17.2 Å². The van der Waals surface area contributed by atoms with E-state index in [1.807, 2.05) is 0 Å². The van der Waals surface area contributed by atoms with Gasteiger partial charge in [-0.1, -0.05) is 0 Å². The van der Waals surface area contributed by atoms with Crippen LogP contribution in [0.25, 0.3) is 0 Å². The molecule has 0 radical (unpaired) electrons. The van der Waals surface area contributed by atoms with Gasteiger partial charge in [0.15, 0.2) is 5.96 Å². The topological polar surface area (TPSA) is 125 Å². The molecule has 68 valence electrons. The number of hydrogen-bond donors (Lipinski definition) is 3. The number of carbonyl (C=O) groups is 2. The number of carbonyl (C=O) groups excluding carboxylic acids is 2. The van der Waals surface area contributed by atoms with Crippen molar-refractivity contribution in [3.63, 3.8) is 0 Å². The average molecular weight is 172 g/mol. The summed E-state index contributed by atoms with van der Waals surface area (Å²) in [6.45, 7) is 0. The molecule has 0 aromatic carbocycles. The van der Waals surface area contributed by atoms with Gasteiger partial charge >= 0.3 is 0 Å². The maximum absolute atomic E-state index is 10.7. The summed E-state index contributed by atoms with van der Waals surface area (Å²) >= 11 is 0. The Balaban J connectivity index is 3.59. The maximum atomic E-state index is 10.7. The van der Waals surface area contributed by atoms with Gasteiger partial charge in [-0.15, -0.1) is 0 Å². The predicted octanol–water partition coefficient (Wildman–Crippen LogP) is -1.56. The second-order valence-electron chi connectivity index (χ2n) is 2.25. The fourth-order valence-corrected chi connectivity index (χ4v) is 0.614. The number of primary amides is 1. The van der Waals surface area contributed by atoms with Crippen molar-refractivity contribution in [3.8, 4) is 0 Å². The number of amides is 2. The zero-order valence-corrected chi connectivity index (χ0v) is 6.62. The monoisotopic (exact) mass is 172 g/mol. The summed E-state index contributed by atoms with van der Waals surface area (Å²) in [4.78, 5) is 24.2. The lowest BCUT2D eigenvalue weighted by Gasteiger charge is -1.93. The van der Waals surface area contributed by atoms with Crippen molar-refractivity contribution in [3.05, 3.63) is 0 Å². The summed E-state index contributed by atoms with van der Waals surface area (Å²) in [6.07, 6.45) is 0.692. The van der Waals surface area contributed by atoms with Gasteiger partial charge in [-0.2, -0.15) is 4.99 Å². The molecule has 0 saturated carbocycles. The van der Waals surface area contributed by atoms with Gasteiger partial charge in [0.25, 0.3) is 0 Å². The minimum absolute atomic E-state index is 0.140. The molecule has 0 saturated heterocycles. The molecule has 0 spiro atoms. The Hall–Kier alpha value is -1.59. The van der Waals surface area contributed by atoms with E-state index in [2.05, 4.69) is 4.99 Å². The number of hydrogen-bond acceptors (Lipinski definition) is 2. The Kier molecular flexibility index (Phi) is 4.43. The van der Waals surface area contributed by atoms with Crippen molar-refractivity contribution < 1.29 is 9.59 Å². The van der Waals surface area contributed by atoms with Crippen LogP contribution in [0.2, 0.25) is 0 Å². The van der Waals surface area contributed by atoms with Gasteiger partial charge in [0.05, 0.1) is 0 Å². The van der Waals surface area contributed by atoms with E-state index in [0.29, 0.717) is 6.42 Å². The van der Waals surface area contributed by atoms with Crippen LogP contribution in [0, 0.1) is 0 Å². The minimum Gasteiger partial charge on any atom is -0.370 e. The summed E-state index contributed by atoms with van der Waals surface area (Å²) < 4.78 is 0. The maximum Gasteiger partial charge on any atom is 0.248 e. The number of guanidine groups is 1. The molecule has 0 unspecified atom stereocenters. The predicted molar refractivity (Wildman–Crippen MR) is 43.9 cm³/mol. The molecule has 2 amide bonds. The van der Waals surface area contributed by atoms with Crippen LogP contribution in [0.4, 0.5) is 0 Å². The summed E-state index contributed by atoms with van der Waals surface area (Å²) in [7, 11) is 0. The third kappa shape index (κ3) is 6.53. The molecule has 0 bridgehead atoms. The highest BCUT2D eigenvalue weighted by atomic mass is 16.1. The van der Waals surface area contributed by atoms with E-state index >= 15 is 0 Å². The van der Waals surface area contributed by atoms with Gasteiger partial charge < -0.3 is 17.2 Å². The summed E-state index contributed by atoms with van der Waals surface area (Å²) in [5.41, 5.74) is 14.7. The van der Waals surface area contributed by atoms with Crippen molar-refractivity contribution in [2.45, 2.75) is 19.3 Å². The second-order valence-corrected chi connectivity index (χ2v) is 2.25. The number of rotatable bonds is 4. The molecular weight excluding hydrogens is 160 g/mol. The number of nitrogens with two attached hydrogens (primary N) is 3. The molecule has 0 aromatic rings. The Morgan fingerprint density at radius 3 is 2.08 bits per heavy atom. The van der Waals surface area contributed by atoms with Crippen LogP contribution < -0.4 is 17.2 Å². The van der Waals surface area contributed by atoms with E-state index in [9.17, 15) is 9.59 Å². The van der Waals surface area contributed by atoms with Gasteiger partial charge in [0, 0.05) is 12.8 Å². The van der Waals surface area contributed by atoms with Crippen LogP contribution in [-0.4, -0.2) is 17.8 Å². The highest BCUT2D eigenvalue weighted by Gasteiger charge is 2.01. The molecule has 0 aromatic heterocycles. The second kappa shape index (κ2) is 5.11. The third-order valence-electron chi connectivity index (χ3n) is 1.07. The van der Waals surface area contributed by atoms with Crippen LogP contribution in [0.5, 0.6) is 0 Å². The van der Waals surface area contributed by atoms with E-state index in [1.165, 1.54) is 0 Å². The van der Waals surface area contributed by atoms with Gasteiger partial charge in [-0.25, -0.2) is 0 Å². The Morgan fingerprint density at radius 2 is 1.67 bits per heavy atom. The molecule has 0 heterocycles. The van der Waals surface area contributed by atoms with E-state index < -0.39 is 11.8 Å². The molecule has 0 aliphatic carbocycles. The molecule has 0 fully saturated rings.